The topological polar surface area (TPSA) is 40.6 Å². The first-order valence-electron chi connectivity index (χ1n) is 39.3. The lowest BCUT2D eigenvalue weighted by atomic mass is 9.81. The molecule has 23 rings (SSSR count). The van der Waals surface area contributed by atoms with Gasteiger partial charge in [-0.2, -0.15) is 0 Å². The summed E-state index contributed by atoms with van der Waals surface area (Å²) in [5, 5.41) is 8.29. The highest BCUT2D eigenvalue weighted by atomic mass is 15.0. The molecule has 20 aromatic rings. The zero-order valence-electron chi connectivity index (χ0n) is 63.1. The van der Waals surface area contributed by atoms with E-state index in [1.807, 2.05) is 0 Å². The van der Waals surface area contributed by atoms with E-state index in [1.165, 1.54) is 143 Å². The highest BCUT2D eigenvalue weighted by Gasteiger charge is 2.38. The predicted molar refractivity (Wildman–Crippen MR) is 468 cm³/mol. The molecule has 0 N–H and O–H groups in total. The second kappa shape index (κ2) is 23.6. The van der Waals surface area contributed by atoms with Crippen LogP contribution in [0, 0.1) is 0 Å². The van der Waals surface area contributed by atoms with Gasteiger partial charge in [0, 0.05) is 82.1 Å². The standard InChI is InChI=1S/C107H75N5/c1-105(2)90-28-13-7-22-77(90)80-49-38-70(61-93(80)105)67-42-53-100-86(57-67)83-25-10-16-31-97(83)110(100)74-45-34-64(35-46-74)66-41-52-96-89(60-66)103(65-36-47-75(48-37-65)111-98-32-17-11-26-84(98)87-58-68(43-54-101(87)111)71-39-50-81-78-23-8-14-29-91(78)106(3,4)94(81)62-71)109-104(108-96)73-20-19-21-76(56-73)112-99-33-18-12-27-85(99)88-59-69(44-55-102(88)112)72-40-51-82-79-24-9-15-30-92(79)107(5,6)95(82)63-72/h7-63H,1-6H3. The number of hydrogen-bond donors (Lipinski definition) is 0. The maximum absolute atomic E-state index is 5.72. The van der Waals surface area contributed by atoms with Crippen molar-refractivity contribution >= 4 is 76.3 Å². The normalized spacial score (nSPS) is 14.0. The van der Waals surface area contributed by atoms with Gasteiger partial charge in [0.25, 0.3) is 0 Å². The number of benzene rings is 16. The molecular weight excluding hydrogens is 1360 g/mol. The first-order valence-corrected chi connectivity index (χ1v) is 39.3. The maximum atomic E-state index is 5.72. The van der Waals surface area contributed by atoms with Crippen LogP contribution in [0.4, 0.5) is 0 Å². The summed E-state index contributed by atoms with van der Waals surface area (Å²) in [7, 11) is 0. The first-order chi connectivity index (χ1) is 54.8. The fourth-order valence-corrected chi connectivity index (χ4v) is 20.0. The number of rotatable bonds is 9. The van der Waals surface area contributed by atoms with Crippen LogP contribution in [0.5, 0.6) is 0 Å². The minimum Gasteiger partial charge on any atom is -0.309 e. The molecule has 4 heterocycles. The van der Waals surface area contributed by atoms with Crippen molar-refractivity contribution in [3.8, 4) is 118 Å². The van der Waals surface area contributed by atoms with Gasteiger partial charge in [-0.05, 0) is 233 Å². The maximum Gasteiger partial charge on any atom is 0.160 e. The van der Waals surface area contributed by atoms with Gasteiger partial charge in [-0.15, -0.1) is 0 Å². The zero-order valence-corrected chi connectivity index (χ0v) is 63.1. The van der Waals surface area contributed by atoms with E-state index in [1.54, 1.807) is 0 Å². The van der Waals surface area contributed by atoms with E-state index < -0.39 is 0 Å². The van der Waals surface area contributed by atoms with Gasteiger partial charge in [0.2, 0.25) is 0 Å². The molecule has 0 unspecified atom stereocenters. The molecule has 0 spiro atoms. The molecule has 0 amide bonds. The molecule has 3 aliphatic rings. The molecule has 0 fully saturated rings. The fourth-order valence-electron chi connectivity index (χ4n) is 20.0. The van der Waals surface area contributed by atoms with Crippen LogP contribution < -0.4 is 0 Å². The fraction of sp³-hybridized carbons (Fsp3) is 0.0841. The van der Waals surface area contributed by atoms with Gasteiger partial charge in [-0.3, -0.25) is 0 Å². The molecular formula is C107H75N5. The second-order valence-corrected chi connectivity index (χ2v) is 32.8. The Labute approximate surface area is 650 Å². The van der Waals surface area contributed by atoms with Crippen molar-refractivity contribution in [3.05, 3.63) is 379 Å². The van der Waals surface area contributed by atoms with Crippen molar-refractivity contribution in [2.24, 2.45) is 0 Å². The largest absolute Gasteiger partial charge is 0.309 e. The predicted octanol–water partition coefficient (Wildman–Crippen LogP) is 27.8. The Bertz CT molecular complexity index is 7450. The number of hydrogen-bond acceptors (Lipinski definition) is 2. The molecule has 5 heteroatoms. The molecule has 3 aliphatic carbocycles. The Hall–Kier alpha value is -13.7. The summed E-state index contributed by atoms with van der Waals surface area (Å²) in [5.41, 5.74) is 39.4. The molecule has 112 heavy (non-hydrogen) atoms. The third-order valence-corrected chi connectivity index (χ3v) is 25.7. The van der Waals surface area contributed by atoms with Crippen LogP contribution in [0.15, 0.2) is 346 Å². The Morgan fingerprint density at radius 3 is 0.955 bits per heavy atom. The lowest BCUT2D eigenvalue weighted by Gasteiger charge is -2.22. The highest BCUT2D eigenvalue weighted by Crippen LogP contribution is 2.54. The molecule has 16 aromatic carbocycles. The zero-order chi connectivity index (χ0) is 74.6. The highest BCUT2D eigenvalue weighted by molar-refractivity contribution is 6.13. The molecule has 0 radical (unpaired) electrons. The average Bonchev–Trinajstić information content (AvgIpc) is 1.49. The molecule has 0 bridgehead atoms. The van der Waals surface area contributed by atoms with Gasteiger partial charge in [0.05, 0.1) is 44.3 Å². The molecule has 528 valence electrons. The van der Waals surface area contributed by atoms with Crippen molar-refractivity contribution in [3.63, 3.8) is 0 Å². The van der Waals surface area contributed by atoms with E-state index >= 15 is 0 Å². The lowest BCUT2D eigenvalue weighted by molar-refractivity contribution is 0.660. The minimum atomic E-state index is -0.0942. The smallest absolute Gasteiger partial charge is 0.160 e. The molecule has 4 aromatic heterocycles. The van der Waals surface area contributed by atoms with E-state index in [-0.39, 0.29) is 16.2 Å². The van der Waals surface area contributed by atoms with Crippen molar-refractivity contribution in [2.45, 2.75) is 57.8 Å². The average molecular weight is 1430 g/mol. The third kappa shape index (κ3) is 9.37. The van der Waals surface area contributed by atoms with E-state index in [4.69, 9.17) is 9.97 Å². The van der Waals surface area contributed by atoms with Crippen molar-refractivity contribution in [2.75, 3.05) is 0 Å². The quantitative estimate of drug-likeness (QED) is 0.144. The molecule has 0 atom stereocenters. The van der Waals surface area contributed by atoms with Gasteiger partial charge >= 0.3 is 0 Å². The van der Waals surface area contributed by atoms with Crippen LogP contribution >= 0.6 is 0 Å². The molecule has 0 aliphatic heterocycles. The molecule has 0 saturated heterocycles. The third-order valence-electron chi connectivity index (χ3n) is 25.7. The summed E-state index contributed by atoms with van der Waals surface area (Å²) in [5.74, 6) is 0.658. The first kappa shape index (κ1) is 64.3. The van der Waals surface area contributed by atoms with Crippen LogP contribution in [-0.2, 0) is 16.2 Å². The van der Waals surface area contributed by atoms with E-state index in [0.717, 1.165) is 78.0 Å². The van der Waals surface area contributed by atoms with Crippen LogP contribution in [0.25, 0.3) is 194 Å². The van der Waals surface area contributed by atoms with Gasteiger partial charge < -0.3 is 13.7 Å². The Kier molecular flexibility index (Phi) is 13.6. The van der Waals surface area contributed by atoms with Crippen molar-refractivity contribution < 1.29 is 0 Å². The summed E-state index contributed by atoms with van der Waals surface area (Å²) in [6, 6.07) is 129. The Balaban J connectivity index is 0.626. The number of nitrogens with zero attached hydrogens (tertiary/aromatic N) is 5. The van der Waals surface area contributed by atoms with Crippen molar-refractivity contribution in [1.29, 1.82) is 0 Å². The van der Waals surface area contributed by atoms with Crippen molar-refractivity contribution in [1.82, 2.24) is 23.7 Å². The molecule has 5 nitrogen and oxygen atoms in total. The van der Waals surface area contributed by atoms with E-state index in [0.29, 0.717) is 5.82 Å². The van der Waals surface area contributed by atoms with Gasteiger partial charge in [0.1, 0.15) is 0 Å². The Morgan fingerprint density at radius 1 is 0.196 bits per heavy atom. The summed E-state index contributed by atoms with van der Waals surface area (Å²) in [6.45, 7) is 14.2. The van der Waals surface area contributed by atoms with Crippen LogP contribution in [0.2, 0.25) is 0 Å². The summed E-state index contributed by atoms with van der Waals surface area (Å²) < 4.78 is 7.25. The van der Waals surface area contributed by atoms with E-state index in [2.05, 4.69) is 401 Å². The Morgan fingerprint density at radius 2 is 0.518 bits per heavy atom. The number of fused-ring (bicyclic) bond motifs is 19. The van der Waals surface area contributed by atoms with Crippen LogP contribution in [0.3, 0.4) is 0 Å². The van der Waals surface area contributed by atoms with Gasteiger partial charge in [-0.25, -0.2) is 9.97 Å². The monoisotopic (exact) mass is 1430 g/mol. The summed E-state index contributed by atoms with van der Waals surface area (Å²) in [4.78, 5) is 11.2. The van der Waals surface area contributed by atoms with Crippen LogP contribution in [0.1, 0.15) is 74.9 Å². The van der Waals surface area contributed by atoms with Gasteiger partial charge in [0.15, 0.2) is 5.82 Å². The van der Waals surface area contributed by atoms with Gasteiger partial charge in [-0.1, -0.05) is 266 Å². The lowest BCUT2D eigenvalue weighted by Crippen LogP contribution is -2.14. The van der Waals surface area contributed by atoms with Crippen LogP contribution in [-0.4, -0.2) is 23.7 Å². The van der Waals surface area contributed by atoms with E-state index in [9.17, 15) is 0 Å². The number of para-hydroxylation sites is 3. The summed E-state index contributed by atoms with van der Waals surface area (Å²) in [6.07, 6.45) is 0. The molecule has 0 saturated carbocycles. The number of aromatic nitrogens is 5. The SMILES string of the molecule is CC1(C)c2ccccc2-c2ccc(-c3ccc4c(c3)c3ccccc3n4-c3ccc(-c4ccc5nc(-c6cccc(-n7c8ccccc8c8cc(-c9ccc%10c(c9)C(C)(C)c9ccccc9-%10)ccc87)c6)nc(-c6ccc(-n7c8ccccc8c8cc(-c9ccc%10c(c9)C(C)(C)c9ccccc9-%10)ccc87)cc6)c5c4)cc3)cc21. The minimum absolute atomic E-state index is 0.0803. The second-order valence-electron chi connectivity index (χ2n) is 32.8. The summed E-state index contributed by atoms with van der Waals surface area (Å²) >= 11 is 0.